The summed E-state index contributed by atoms with van der Waals surface area (Å²) in [4.78, 5) is 12.1. The Bertz CT molecular complexity index is 665. The van der Waals surface area contributed by atoms with Gasteiger partial charge in [-0.3, -0.25) is 4.79 Å². The van der Waals surface area contributed by atoms with Gasteiger partial charge in [-0.2, -0.15) is 13.2 Å². The van der Waals surface area contributed by atoms with E-state index in [9.17, 15) is 18.0 Å². The van der Waals surface area contributed by atoms with Gasteiger partial charge in [0.1, 0.15) is 0 Å². The largest absolute Gasteiger partial charge is 0.416 e. The lowest BCUT2D eigenvalue weighted by Crippen LogP contribution is -2.14. The monoisotopic (exact) mass is 305 g/mol. The Kier molecular flexibility index (Phi) is 3.64. The Hall–Kier alpha value is -2.30. The summed E-state index contributed by atoms with van der Waals surface area (Å²) in [5, 5.41) is 2.82. The fourth-order valence-electron chi connectivity index (χ4n) is 2.53. The van der Waals surface area contributed by atoms with E-state index in [4.69, 9.17) is 0 Å². The number of benzene rings is 2. The second-order valence-corrected chi connectivity index (χ2v) is 5.42. The van der Waals surface area contributed by atoms with Gasteiger partial charge in [-0.25, -0.2) is 0 Å². The van der Waals surface area contributed by atoms with Gasteiger partial charge < -0.3 is 5.32 Å². The quantitative estimate of drug-likeness (QED) is 0.892. The van der Waals surface area contributed by atoms with Crippen molar-refractivity contribution in [2.24, 2.45) is 5.92 Å². The van der Waals surface area contributed by atoms with Gasteiger partial charge in [0.25, 0.3) is 0 Å². The van der Waals surface area contributed by atoms with E-state index >= 15 is 0 Å². The molecular weight excluding hydrogens is 291 g/mol. The third-order valence-corrected chi connectivity index (χ3v) is 3.83. The topological polar surface area (TPSA) is 29.1 Å². The molecule has 1 aliphatic carbocycles. The summed E-state index contributed by atoms with van der Waals surface area (Å²) in [6, 6.07) is 14.2. The minimum atomic E-state index is -4.33. The number of carbonyl (C=O) groups excluding carboxylic acids is 1. The predicted octanol–water partition coefficient (Wildman–Crippen LogP) is 4.45. The number of hydrogen-bond acceptors (Lipinski definition) is 1. The molecule has 114 valence electrons. The molecule has 1 N–H and O–H groups in total. The molecule has 5 heteroatoms. The lowest BCUT2D eigenvalue weighted by Gasteiger charge is -2.08. The summed E-state index contributed by atoms with van der Waals surface area (Å²) < 4.78 is 37.6. The standard InChI is InChI=1S/C17H14F3NO/c18-17(19,20)12-8-6-11(7-9-12)14-10-15(14)16(22)21-13-4-2-1-3-5-13/h1-9,14-15H,10H2,(H,21,22). The SMILES string of the molecule is O=C(Nc1ccccc1)C1CC1c1ccc(C(F)(F)F)cc1. The molecule has 0 aliphatic heterocycles. The van der Waals surface area contributed by atoms with E-state index in [1.807, 2.05) is 18.2 Å². The minimum absolute atomic E-state index is 0.00555. The second kappa shape index (κ2) is 5.48. The van der Waals surface area contributed by atoms with Gasteiger partial charge in [0.05, 0.1) is 5.56 Å². The van der Waals surface area contributed by atoms with Crippen molar-refractivity contribution in [3.05, 3.63) is 65.7 Å². The van der Waals surface area contributed by atoms with E-state index in [-0.39, 0.29) is 17.7 Å². The predicted molar refractivity (Wildman–Crippen MR) is 77.4 cm³/mol. The van der Waals surface area contributed by atoms with Gasteiger partial charge in [-0.1, -0.05) is 30.3 Å². The highest BCUT2D eigenvalue weighted by Crippen LogP contribution is 2.48. The van der Waals surface area contributed by atoms with Crippen LogP contribution < -0.4 is 5.32 Å². The first kappa shape index (κ1) is 14.6. The molecule has 22 heavy (non-hydrogen) atoms. The zero-order chi connectivity index (χ0) is 15.7. The average molecular weight is 305 g/mol. The molecule has 2 aromatic carbocycles. The second-order valence-electron chi connectivity index (χ2n) is 5.42. The van der Waals surface area contributed by atoms with Gasteiger partial charge in [0.2, 0.25) is 5.91 Å². The highest BCUT2D eigenvalue weighted by molar-refractivity contribution is 5.95. The van der Waals surface area contributed by atoms with Gasteiger partial charge >= 0.3 is 6.18 Å². The molecule has 2 aromatic rings. The summed E-state index contributed by atoms with van der Waals surface area (Å²) >= 11 is 0. The van der Waals surface area contributed by atoms with Crippen molar-refractivity contribution in [3.8, 4) is 0 Å². The summed E-state index contributed by atoms with van der Waals surface area (Å²) in [5.41, 5.74) is 0.842. The van der Waals surface area contributed by atoms with Crippen LogP contribution in [0.25, 0.3) is 0 Å². The summed E-state index contributed by atoms with van der Waals surface area (Å²) in [7, 11) is 0. The minimum Gasteiger partial charge on any atom is -0.326 e. The first-order chi connectivity index (χ1) is 10.4. The fraction of sp³-hybridized carbons (Fsp3) is 0.235. The van der Waals surface area contributed by atoms with Crippen molar-refractivity contribution >= 4 is 11.6 Å². The molecule has 0 heterocycles. The summed E-state index contributed by atoms with van der Waals surface area (Å²) in [6.07, 6.45) is -3.66. The highest BCUT2D eigenvalue weighted by Gasteiger charge is 2.44. The Morgan fingerprint density at radius 2 is 1.64 bits per heavy atom. The number of nitrogens with one attached hydrogen (secondary N) is 1. The molecule has 2 unspecified atom stereocenters. The summed E-state index contributed by atoms with van der Waals surface area (Å²) in [6.45, 7) is 0. The molecule has 1 fully saturated rings. The molecule has 0 bridgehead atoms. The molecule has 0 radical (unpaired) electrons. The van der Waals surface area contributed by atoms with Gasteiger partial charge in [-0.05, 0) is 42.2 Å². The molecule has 0 saturated heterocycles. The van der Waals surface area contributed by atoms with Crippen molar-refractivity contribution in [1.29, 1.82) is 0 Å². The van der Waals surface area contributed by atoms with E-state index in [2.05, 4.69) is 5.32 Å². The zero-order valence-electron chi connectivity index (χ0n) is 11.6. The van der Waals surface area contributed by atoms with Crippen LogP contribution in [-0.4, -0.2) is 5.91 Å². The normalized spacial score (nSPS) is 20.5. The van der Waals surface area contributed by atoms with Gasteiger partial charge in [0, 0.05) is 11.6 Å². The number of hydrogen-bond donors (Lipinski definition) is 1. The van der Waals surface area contributed by atoms with Crippen LogP contribution in [0.5, 0.6) is 0 Å². The maximum atomic E-state index is 12.5. The molecule has 1 amide bonds. The van der Waals surface area contributed by atoms with E-state index in [0.717, 1.165) is 23.4 Å². The van der Waals surface area contributed by atoms with Crippen molar-refractivity contribution in [1.82, 2.24) is 0 Å². The molecule has 0 aromatic heterocycles. The molecule has 2 nitrogen and oxygen atoms in total. The maximum Gasteiger partial charge on any atom is 0.416 e. The van der Waals surface area contributed by atoms with E-state index in [1.54, 1.807) is 12.1 Å². The maximum absolute atomic E-state index is 12.5. The van der Waals surface area contributed by atoms with Crippen LogP contribution in [0.2, 0.25) is 0 Å². The smallest absolute Gasteiger partial charge is 0.326 e. The Balaban J connectivity index is 1.63. The van der Waals surface area contributed by atoms with Crippen LogP contribution in [0.3, 0.4) is 0 Å². The van der Waals surface area contributed by atoms with E-state index in [0.29, 0.717) is 6.42 Å². The van der Waals surface area contributed by atoms with Crippen LogP contribution >= 0.6 is 0 Å². The number of rotatable bonds is 3. The van der Waals surface area contributed by atoms with Crippen LogP contribution in [0.15, 0.2) is 54.6 Å². The molecule has 1 aliphatic rings. The molecule has 0 spiro atoms. The van der Waals surface area contributed by atoms with Crippen molar-refractivity contribution in [2.75, 3.05) is 5.32 Å². The van der Waals surface area contributed by atoms with Gasteiger partial charge in [0.15, 0.2) is 0 Å². The molecule has 3 rings (SSSR count). The van der Waals surface area contributed by atoms with Crippen LogP contribution in [0.4, 0.5) is 18.9 Å². The Morgan fingerprint density at radius 1 is 1.00 bits per heavy atom. The zero-order valence-corrected chi connectivity index (χ0v) is 11.6. The Morgan fingerprint density at radius 3 is 2.23 bits per heavy atom. The van der Waals surface area contributed by atoms with Crippen LogP contribution in [-0.2, 0) is 11.0 Å². The molecule has 1 saturated carbocycles. The molecular formula is C17H14F3NO. The number of para-hydroxylation sites is 1. The fourth-order valence-corrected chi connectivity index (χ4v) is 2.53. The van der Waals surface area contributed by atoms with Gasteiger partial charge in [-0.15, -0.1) is 0 Å². The van der Waals surface area contributed by atoms with E-state index < -0.39 is 11.7 Å². The van der Waals surface area contributed by atoms with E-state index in [1.165, 1.54) is 12.1 Å². The number of alkyl halides is 3. The number of halogens is 3. The average Bonchev–Trinajstić information content (AvgIpc) is 3.28. The third-order valence-electron chi connectivity index (χ3n) is 3.83. The third kappa shape index (κ3) is 3.13. The Labute approximate surface area is 126 Å². The van der Waals surface area contributed by atoms with Crippen molar-refractivity contribution < 1.29 is 18.0 Å². The lowest BCUT2D eigenvalue weighted by molar-refractivity contribution is -0.137. The van der Waals surface area contributed by atoms with Crippen molar-refractivity contribution in [3.63, 3.8) is 0 Å². The molecule has 2 atom stereocenters. The number of anilines is 1. The first-order valence-electron chi connectivity index (χ1n) is 6.98. The number of carbonyl (C=O) groups is 1. The van der Waals surface area contributed by atoms with Crippen LogP contribution in [0.1, 0.15) is 23.5 Å². The number of amides is 1. The first-order valence-corrected chi connectivity index (χ1v) is 6.98. The lowest BCUT2D eigenvalue weighted by atomic mass is 10.1. The highest BCUT2D eigenvalue weighted by atomic mass is 19.4. The van der Waals surface area contributed by atoms with Crippen molar-refractivity contribution in [2.45, 2.75) is 18.5 Å². The summed E-state index contributed by atoms with van der Waals surface area (Å²) in [5.74, 6) is -0.251. The van der Waals surface area contributed by atoms with Crippen LogP contribution in [0, 0.1) is 5.92 Å².